The van der Waals surface area contributed by atoms with Crippen molar-refractivity contribution in [3.8, 4) is 5.82 Å². The zero-order chi connectivity index (χ0) is 16.4. The predicted molar refractivity (Wildman–Crippen MR) is 94.7 cm³/mol. The average molecular weight is 344 g/mol. The van der Waals surface area contributed by atoms with Crippen molar-refractivity contribution in [3.63, 3.8) is 0 Å². The molecule has 8 heteroatoms. The molecule has 0 aromatic carbocycles. The second kappa shape index (κ2) is 6.80. The molecule has 1 aliphatic carbocycles. The van der Waals surface area contributed by atoms with Crippen LogP contribution in [0.15, 0.2) is 24.9 Å². The first-order chi connectivity index (χ1) is 11.8. The van der Waals surface area contributed by atoms with E-state index in [0.29, 0.717) is 5.69 Å². The zero-order valence-electron chi connectivity index (χ0n) is 13.4. The highest BCUT2D eigenvalue weighted by Crippen LogP contribution is 2.28. The number of aromatic nitrogens is 4. The minimum absolute atomic E-state index is 0.0942. The third kappa shape index (κ3) is 3.10. The van der Waals surface area contributed by atoms with Gasteiger partial charge >= 0.3 is 0 Å². The molecule has 0 spiro atoms. The first kappa shape index (κ1) is 15.4. The van der Waals surface area contributed by atoms with Crippen LogP contribution in [0.1, 0.15) is 19.3 Å². The molecule has 2 aliphatic rings. The largest absolute Gasteiger partial charge is 0.366 e. The van der Waals surface area contributed by atoms with Crippen molar-refractivity contribution >= 4 is 29.0 Å². The molecule has 0 radical (unpaired) electrons. The van der Waals surface area contributed by atoms with Crippen LogP contribution in [-0.4, -0.2) is 50.3 Å². The van der Waals surface area contributed by atoms with E-state index < -0.39 is 0 Å². The second-order valence-electron chi connectivity index (χ2n) is 6.12. The maximum absolute atomic E-state index is 12.1. The van der Waals surface area contributed by atoms with Crippen molar-refractivity contribution < 1.29 is 4.79 Å². The fourth-order valence-corrected chi connectivity index (χ4v) is 3.84. The van der Waals surface area contributed by atoms with Gasteiger partial charge in [-0.3, -0.25) is 4.79 Å². The number of carbonyl (C=O) groups excluding carboxylic acids is 1. The summed E-state index contributed by atoms with van der Waals surface area (Å²) in [5.41, 5.74) is 1.70. The van der Waals surface area contributed by atoms with Gasteiger partial charge in [0.25, 0.3) is 0 Å². The molecule has 2 aromatic rings. The lowest BCUT2D eigenvalue weighted by molar-refractivity contribution is -0.122. The van der Waals surface area contributed by atoms with Gasteiger partial charge in [-0.05, 0) is 12.8 Å². The molecule has 1 saturated heterocycles. The summed E-state index contributed by atoms with van der Waals surface area (Å²) >= 11 is 1.96. The van der Waals surface area contributed by atoms with Crippen molar-refractivity contribution in [1.82, 2.24) is 19.7 Å². The van der Waals surface area contributed by atoms with Gasteiger partial charge in [0.05, 0.1) is 24.3 Å². The van der Waals surface area contributed by atoms with E-state index >= 15 is 0 Å². The van der Waals surface area contributed by atoms with Crippen molar-refractivity contribution in [2.24, 2.45) is 5.92 Å². The average Bonchev–Trinajstić information content (AvgIpc) is 3.02. The van der Waals surface area contributed by atoms with Gasteiger partial charge in [0, 0.05) is 30.5 Å². The normalized spacial score (nSPS) is 18.2. The number of rotatable bonds is 4. The molecule has 1 N–H and O–H groups in total. The molecule has 1 amide bonds. The molecule has 1 aliphatic heterocycles. The summed E-state index contributed by atoms with van der Waals surface area (Å²) in [6, 6.07) is 0. The molecular weight excluding hydrogens is 324 g/mol. The van der Waals surface area contributed by atoms with Gasteiger partial charge in [0.2, 0.25) is 5.91 Å². The Bertz CT molecular complexity index is 723. The van der Waals surface area contributed by atoms with E-state index in [4.69, 9.17) is 0 Å². The Labute approximate surface area is 144 Å². The molecular formula is C16H20N6OS. The first-order valence-corrected chi connectivity index (χ1v) is 9.45. The molecule has 0 unspecified atom stereocenters. The van der Waals surface area contributed by atoms with Crippen LogP contribution in [-0.2, 0) is 4.79 Å². The van der Waals surface area contributed by atoms with Crippen molar-refractivity contribution in [1.29, 1.82) is 0 Å². The van der Waals surface area contributed by atoms with E-state index in [2.05, 4.69) is 25.3 Å². The molecule has 7 nitrogen and oxygen atoms in total. The summed E-state index contributed by atoms with van der Waals surface area (Å²) in [5, 5.41) is 7.33. The predicted octanol–water partition coefficient (Wildman–Crippen LogP) is 1.95. The SMILES string of the molecule is O=C(Nc1cnn(-c2ncncc2N2CCSCC2)c1)C1CCC1. The minimum atomic E-state index is 0.0942. The summed E-state index contributed by atoms with van der Waals surface area (Å²) in [6.45, 7) is 1.97. The monoisotopic (exact) mass is 344 g/mol. The molecule has 2 aromatic heterocycles. The van der Waals surface area contributed by atoms with Crippen LogP contribution >= 0.6 is 11.8 Å². The van der Waals surface area contributed by atoms with Crippen molar-refractivity contribution in [2.75, 3.05) is 34.8 Å². The Balaban J connectivity index is 1.54. The quantitative estimate of drug-likeness (QED) is 0.914. The summed E-state index contributed by atoms with van der Waals surface area (Å²) in [7, 11) is 0. The van der Waals surface area contributed by atoms with Gasteiger partial charge in [-0.1, -0.05) is 6.42 Å². The maximum Gasteiger partial charge on any atom is 0.227 e. The maximum atomic E-state index is 12.1. The number of nitrogens with one attached hydrogen (secondary N) is 1. The van der Waals surface area contributed by atoms with E-state index in [1.165, 1.54) is 6.33 Å². The number of anilines is 2. The third-order valence-corrected chi connectivity index (χ3v) is 5.51. The Kier molecular flexibility index (Phi) is 4.38. The highest BCUT2D eigenvalue weighted by Gasteiger charge is 2.25. The topological polar surface area (TPSA) is 75.9 Å². The molecule has 126 valence electrons. The van der Waals surface area contributed by atoms with E-state index in [9.17, 15) is 4.79 Å². The van der Waals surface area contributed by atoms with Crippen LogP contribution in [0.3, 0.4) is 0 Å². The van der Waals surface area contributed by atoms with Crippen LogP contribution in [0, 0.1) is 5.92 Å². The lowest BCUT2D eigenvalue weighted by atomic mass is 9.85. The molecule has 0 bridgehead atoms. The number of hydrogen-bond donors (Lipinski definition) is 1. The molecule has 2 fully saturated rings. The van der Waals surface area contributed by atoms with Crippen LogP contribution in [0.5, 0.6) is 0 Å². The van der Waals surface area contributed by atoms with Gasteiger partial charge in [0.15, 0.2) is 5.82 Å². The first-order valence-electron chi connectivity index (χ1n) is 8.30. The van der Waals surface area contributed by atoms with Crippen LogP contribution in [0.25, 0.3) is 5.82 Å². The summed E-state index contributed by atoms with van der Waals surface area (Å²) in [4.78, 5) is 22.9. The number of nitrogens with zero attached hydrogens (tertiary/aromatic N) is 5. The molecule has 0 atom stereocenters. The second-order valence-corrected chi connectivity index (χ2v) is 7.35. The molecule has 4 rings (SSSR count). The van der Waals surface area contributed by atoms with E-state index in [1.54, 1.807) is 10.9 Å². The standard InChI is InChI=1S/C16H20N6OS/c23-16(12-2-1-3-12)20-13-8-19-22(10-13)15-14(9-17-11-18-15)21-4-6-24-7-5-21/h8-12H,1-7H2,(H,20,23). The summed E-state index contributed by atoms with van der Waals surface area (Å²) in [6.07, 6.45) is 10.00. The summed E-state index contributed by atoms with van der Waals surface area (Å²) < 4.78 is 1.72. The highest BCUT2D eigenvalue weighted by molar-refractivity contribution is 7.99. The van der Waals surface area contributed by atoms with Gasteiger partial charge in [0.1, 0.15) is 12.0 Å². The number of hydrogen-bond acceptors (Lipinski definition) is 6. The van der Waals surface area contributed by atoms with Gasteiger partial charge in [-0.2, -0.15) is 16.9 Å². The lowest BCUT2D eigenvalue weighted by Crippen LogP contribution is -2.33. The number of amides is 1. The van der Waals surface area contributed by atoms with Crippen molar-refractivity contribution in [2.45, 2.75) is 19.3 Å². The van der Waals surface area contributed by atoms with Crippen LogP contribution < -0.4 is 10.2 Å². The summed E-state index contributed by atoms with van der Waals surface area (Å²) in [5.74, 6) is 3.22. The van der Waals surface area contributed by atoms with E-state index in [0.717, 1.165) is 55.4 Å². The Hall–Kier alpha value is -2.09. The Morgan fingerprint density at radius 1 is 1.25 bits per heavy atom. The fourth-order valence-electron chi connectivity index (χ4n) is 2.94. The highest BCUT2D eigenvalue weighted by atomic mass is 32.2. The lowest BCUT2D eigenvalue weighted by Gasteiger charge is -2.29. The zero-order valence-corrected chi connectivity index (χ0v) is 14.2. The Morgan fingerprint density at radius 3 is 2.83 bits per heavy atom. The van der Waals surface area contributed by atoms with Crippen LogP contribution in [0.4, 0.5) is 11.4 Å². The number of thioether (sulfide) groups is 1. The molecule has 24 heavy (non-hydrogen) atoms. The smallest absolute Gasteiger partial charge is 0.227 e. The Morgan fingerprint density at radius 2 is 2.08 bits per heavy atom. The number of carbonyl (C=O) groups is 1. The minimum Gasteiger partial charge on any atom is -0.366 e. The van der Waals surface area contributed by atoms with Gasteiger partial charge in [-0.15, -0.1) is 0 Å². The van der Waals surface area contributed by atoms with Crippen molar-refractivity contribution in [3.05, 3.63) is 24.9 Å². The fraction of sp³-hybridized carbons (Fsp3) is 0.500. The van der Waals surface area contributed by atoms with Crippen LogP contribution in [0.2, 0.25) is 0 Å². The third-order valence-electron chi connectivity index (χ3n) is 4.57. The molecule has 1 saturated carbocycles. The van der Waals surface area contributed by atoms with Gasteiger partial charge in [-0.25, -0.2) is 14.6 Å². The van der Waals surface area contributed by atoms with E-state index in [-0.39, 0.29) is 11.8 Å². The van der Waals surface area contributed by atoms with Gasteiger partial charge < -0.3 is 10.2 Å². The molecule has 3 heterocycles. The van der Waals surface area contributed by atoms with E-state index in [1.807, 2.05) is 24.2 Å².